The van der Waals surface area contributed by atoms with Gasteiger partial charge in [-0.25, -0.2) is 8.42 Å². The molecule has 5 nitrogen and oxygen atoms in total. The van der Waals surface area contributed by atoms with Crippen LogP contribution in [0.5, 0.6) is 0 Å². The van der Waals surface area contributed by atoms with Crippen LogP contribution in [0.4, 0.5) is 0 Å². The number of carbonyl (C=O) groups is 1. The lowest BCUT2D eigenvalue weighted by Gasteiger charge is -2.21. The van der Waals surface area contributed by atoms with Crippen LogP contribution in [-0.4, -0.2) is 32.3 Å². The second kappa shape index (κ2) is 8.08. The van der Waals surface area contributed by atoms with Gasteiger partial charge in [0, 0.05) is 6.54 Å². The van der Waals surface area contributed by atoms with Gasteiger partial charge in [0.25, 0.3) is 0 Å². The van der Waals surface area contributed by atoms with E-state index in [2.05, 4.69) is 4.74 Å². The van der Waals surface area contributed by atoms with E-state index in [1.54, 1.807) is 24.3 Å². The lowest BCUT2D eigenvalue weighted by atomic mass is 10.2. The van der Waals surface area contributed by atoms with Crippen molar-refractivity contribution < 1.29 is 17.9 Å². The summed E-state index contributed by atoms with van der Waals surface area (Å²) in [6, 6.07) is 15.9. The molecule has 0 amide bonds. The Morgan fingerprint density at radius 2 is 1.62 bits per heavy atom. The summed E-state index contributed by atoms with van der Waals surface area (Å²) in [5.41, 5.74) is 1.85. The molecule has 2 aromatic rings. The Morgan fingerprint density at radius 3 is 2.17 bits per heavy atom. The van der Waals surface area contributed by atoms with E-state index < -0.39 is 16.0 Å². The number of hydrogen-bond acceptors (Lipinski definition) is 4. The first-order chi connectivity index (χ1) is 11.5. The number of nitrogens with zero attached hydrogens (tertiary/aromatic N) is 1. The van der Waals surface area contributed by atoms with E-state index in [-0.39, 0.29) is 18.0 Å². The van der Waals surface area contributed by atoms with Gasteiger partial charge >= 0.3 is 5.97 Å². The fourth-order valence-corrected chi connectivity index (χ4v) is 3.64. The van der Waals surface area contributed by atoms with E-state index in [0.717, 1.165) is 21.9 Å². The SMILES string of the molecule is CCc1ccc(S(=O)(=O)N(CC(=O)OC)Cc2ccccc2)cc1. The van der Waals surface area contributed by atoms with Crippen molar-refractivity contribution in [2.75, 3.05) is 13.7 Å². The average Bonchev–Trinajstić information content (AvgIpc) is 2.62. The summed E-state index contributed by atoms with van der Waals surface area (Å²) < 4.78 is 31.6. The Labute approximate surface area is 142 Å². The summed E-state index contributed by atoms with van der Waals surface area (Å²) in [6.45, 7) is 1.78. The summed E-state index contributed by atoms with van der Waals surface area (Å²) in [4.78, 5) is 11.8. The number of hydrogen-bond donors (Lipinski definition) is 0. The van der Waals surface area contributed by atoms with E-state index in [1.165, 1.54) is 7.11 Å². The van der Waals surface area contributed by atoms with Crippen LogP contribution in [0.1, 0.15) is 18.1 Å². The van der Waals surface area contributed by atoms with Crippen molar-refractivity contribution >= 4 is 16.0 Å². The predicted octanol–water partition coefficient (Wildman–Crippen LogP) is 2.61. The van der Waals surface area contributed by atoms with Crippen molar-refractivity contribution in [3.63, 3.8) is 0 Å². The number of carbonyl (C=O) groups excluding carboxylic acids is 1. The van der Waals surface area contributed by atoms with Crippen LogP contribution in [0.3, 0.4) is 0 Å². The van der Waals surface area contributed by atoms with E-state index >= 15 is 0 Å². The van der Waals surface area contributed by atoms with Gasteiger partial charge < -0.3 is 4.74 Å². The number of methoxy groups -OCH3 is 1. The Kier molecular flexibility index (Phi) is 6.11. The van der Waals surface area contributed by atoms with Crippen LogP contribution in [0.25, 0.3) is 0 Å². The van der Waals surface area contributed by atoms with Crippen LogP contribution in [0, 0.1) is 0 Å². The average molecular weight is 347 g/mol. The van der Waals surface area contributed by atoms with Crippen LogP contribution in [0.15, 0.2) is 59.5 Å². The normalized spacial score (nSPS) is 11.5. The standard InChI is InChI=1S/C18H21NO4S/c1-3-15-9-11-17(12-10-15)24(21,22)19(14-18(20)23-2)13-16-7-5-4-6-8-16/h4-12H,3,13-14H2,1-2H3. The van der Waals surface area contributed by atoms with Gasteiger partial charge in [-0.1, -0.05) is 49.4 Å². The van der Waals surface area contributed by atoms with Gasteiger partial charge in [-0.05, 0) is 29.7 Å². The van der Waals surface area contributed by atoms with Crippen molar-refractivity contribution in [2.45, 2.75) is 24.8 Å². The molecule has 0 aliphatic carbocycles. The van der Waals surface area contributed by atoms with Gasteiger partial charge in [0.1, 0.15) is 6.54 Å². The van der Waals surface area contributed by atoms with Gasteiger partial charge in [-0.2, -0.15) is 4.31 Å². The molecule has 6 heteroatoms. The molecule has 0 bridgehead atoms. The molecule has 0 aliphatic rings. The Balaban J connectivity index is 2.34. The van der Waals surface area contributed by atoms with Crippen LogP contribution < -0.4 is 0 Å². The zero-order chi connectivity index (χ0) is 17.6. The number of sulfonamides is 1. The molecule has 0 spiro atoms. The van der Waals surface area contributed by atoms with E-state index in [1.807, 2.05) is 37.3 Å². The smallest absolute Gasteiger partial charge is 0.321 e. The highest BCUT2D eigenvalue weighted by molar-refractivity contribution is 7.89. The zero-order valence-electron chi connectivity index (χ0n) is 13.8. The summed E-state index contributed by atoms with van der Waals surface area (Å²) in [6.07, 6.45) is 0.830. The maximum absolute atomic E-state index is 12.9. The summed E-state index contributed by atoms with van der Waals surface area (Å²) >= 11 is 0. The van der Waals surface area contributed by atoms with Crippen LogP contribution in [-0.2, 0) is 32.5 Å². The first-order valence-electron chi connectivity index (χ1n) is 7.67. The van der Waals surface area contributed by atoms with Crippen LogP contribution in [0.2, 0.25) is 0 Å². The maximum Gasteiger partial charge on any atom is 0.321 e. The molecule has 0 saturated carbocycles. The number of ether oxygens (including phenoxy) is 1. The van der Waals surface area contributed by atoms with Gasteiger partial charge in [-0.3, -0.25) is 4.79 Å². The number of benzene rings is 2. The highest BCUT2D eigenvalue weighted by atomic mass is 32.2. The van der Waals surface area contributed by atoms with Crippen molar-refractivity contribution in [3.8, 4) is 0 Å². The van der Waals surface area contributed by atoms with Crippen molar-refractivity contribution in [2.24, 2.45) is 0 Å². The third-order valence-corrected chi connectivity index (χ3v) is 5.51. The number of aryl methyl sites for hydroxylation is 1. The predicted molar refractivity (Wildman–Crippen MR) is 91.9 cm³/mol. The van der Waals surface area contributed by atoms with Gasteiger partial charge in [-0.15, -0.1) is 0 Å². The molecule has 0 atom stereocenters. The lowest BCUT2D eigenvalue weighted by Crippen LogP contribution is -2.35. The molecule has 0 aliphatic heterocycles. The topological polar surface area (TPSA) is 63.7 Å². The fourth-order valence-electron chi connectivity index (χ4n) is 2.27. The first-order valence-corrected chi connectivity index (χ1v) is 9.11. The fraction of sp³-hybridized carbons (Fsp3) is 0.278. The van der Waals surface area contributed by atoms with Crippen LogP contribution >= 0.6 is 0 Å². The van der Waals surface area contributed by atoms with E-state index in [4.69, 9.17) is 0 Å². The molecule has 0 fully saturated rings. The second-order valence-electron chi connectivity index (χ2n) is 5.33. The molecular formula is C18H21NO4S. The maximum atomic E-state index is 12.9. The van der Waals surface area contributed by atoms with Crippen molar-refractivity contribution in [1.29, 1.82) is 0 Å². The molecule has 128 valence electrons. The van der Waals surface area contributed by atoms with Gasteiger partial charge in [0.2, 0.25) is 10.0 Å². The number of esters is 1. The molecule has 0 N–H and O–H groups in total. The van der Waals surface area contributed by atoms with E-state index in [9.17, 15) is 13.2 Å². The molecule has 0 unspecified atom stereocenters. The largest absolute Gasteiger partial charge is 0.468 e. The summed E-state index contributed by atoms with van der Waals surface area (Å²) in [5, 5.41) is 0. The second-order valence-corrected chi connectivity index (χ2v) is 7.27. The summed E-state index contributed by atoms with van der Waals surface area (Å²) in [5.74, 6) is -0.598. The molecule has 0 saturated heterocycles. The number of rotatable bonds is 7. The third kappa shape index (κ3) is 4.43. The molecule has 0 aromatic heterocycles. The Hall–Kier alpha value is -2.18. The zero-order valence-corrected chi connectivity index (χ0v) is 14.6. The highest BCUT2D eigenvalue weighted by Gasteiger charge is 2.27. The highest BCUT2D eigenvalue weighted by Crippen LogP contribution is 2.19. The molecule has 24 heavy (non-hydrogen) atoms. The monoisotopic (exact) mass is 347 g/mol. The summed E-state index contributed by atoms with van der Waals surface area (Å²) in [7, 11) is -2.56. The third-order valence-electron chi connectivity index (χ3n) is 3.70. The van der Waals surface area contributed by atoms with Gasteiger partial charge in [0.15, 0.2) is 0 Å². The molecule has 0 heterocycles. The molecular weight excluding hydrogens is 326 g/mol. The minimum absolute atomic E-state index is 0.105. The Morgan fingerprint density at radius 1 is 1.00 bits per heavy atom. The van der Waals surface area contributed by atoms with E-state index in [0.29, 0.717) is 0 Å². The van der Waals surface area contributed by atoms with Gasteiger partial charge in [0.05, 0.1) is 12.0 Å². The minimum atomic E-state index is -3.80. The minimum Gasteiger partial charge on any atom is -0.468 e. The quantitative estimate of drug-likeness (QED) is 0.722. The molecule has 0 radical (unpaired) electrons. The van der Waals surface area contributed by atoms with Crippen molar-refractivity contribution in [1.82, 2.24) is 4.31 Å². The van der Waals surface area contributed by atoms with Crippen molar-refractivity contribution in [3.05, 3.63) is 65.7 Å². The Bertz CT molecular complexity index is 770. The molecule has 2 rings (SSSR count). The first kappa shape index (κ1) is 18.2. The molecule has 2 aromatic carbocycles. The lowest BCUT2D eigenvalue weighted by molar-refractivity contribution is -0.140.